The Bertz CT molecular complexity index is 572. The van der Waals surface area contributed by atoms with E-state index in [2.05, 4.69) is 5.32 Å². The Morgan fingerprint density at radius 2 is 1.82 bits per heavy atom. The number of hydrogen-bond donors (Lipinski definition) is 9. The number of ether oxygens (including phenoxy) is 1. The van der Waals surface area contributed by atoms with Crippen LogP contribution in [0, 0.1) is 0 Å². The highest BCUT2D eigenvalue weighted by molar-refractivity contribution is 5.87. The summed E-state index contributed by atoms with van der Waals surface area (Å²) in [6.07, 6.45) is -7.34. The van der Waals surface area contributed by atoms with Crippen molar-refractivity contribution in [2.45, 2.75) is 62.1 Å². The van der Waals surface area contributed by atoms with E-state index in [0.29, 0.717) is 0 Å². The van der Waals surface area contributed by atoms with Crippen molar-refractivity contribution in [2.24, 2.45) is 0 Å². The SMILES string of the molecule is CC(O)[C@H](NC(=O)[C@H](CCC(=O)O)NCC1(O)OCC(O)C(O)C1O)C(=O)O. The van der Waals surface area contributed by atoms with Crippen LogP contribution in [0.5, 0.6) is 0 Å². The zero-order chi connectivity index (χ0) is 21.6. The normalized spacial score (nSPS) is 30.9. The standard InChI is InChI=1S/C15H26N2O11/c1-6(18)10(14(25)26)17-13(24)7(2-3-9(20)21)16-5-15(27)12(23)11(22)8(19)4-28-15/h6-8,10-12,16,18-19,22-23,27H,2-5H2,1H3,(H,17,24)(H,20,21)(H,25,26)/t6?,7-,8?,10-,11?,12?,15?/m0/s1. The van der Waals surface area contributed by atoms with Crippen LogP contribution in [-0.4, -0.2) is 109 Å². The van der Waals surface area contributed by atoms with Gasteiger partial charge in [-0.05, 0) is 13.3 Å². The van der Waals surface area contributed by atoms with Crippen LogP contribution in [-0.2, 0) is 19.1 Å². The van der Waals surface area contributed by atoms with Gasteiger partial charge in [-0.1, -0.05) is 0 Å². The molecule has 0 aromatic rings. The van der Waals surface area contributed by atoms with E-state index < -0.39 is 79.7 Å². The molecule has 7 atom stereocenters. The average Bonchev–Trinajstić information content (AvgIpc) is 2.60. The van der Waals surface area contributed by atoms with Crippen molar-refractivity contribution in [3.63, 3.8) is 0 Å². The largest absolute Gasteiger partial charge is 0.481 e. The van der Waals surface area contributed by atoms with E-state index in [1.54, 1.807) is 0 Å². The summed E-state index contributed by atoms with van der Waals surface area (Å²) >= 11 is 0. The highest BCUT2D eigenvalue weighted by Gasteiger charge is 2.48. The third-order valence-electron chi connectivity index (χ3n) is 4.30. The summed E-state index contributed by atoms with van der Waals surface area (Å²) < 4.78 is 4.92. The second-order valence-electron chi connectivity index (χ2n) is 6.59. The van der Waals surface area contributed by atoms with Gasteiger partial charge in [-0.15, -0.1) is 0 Å². The first kappa shape index (κ1) is 24.2. The van der Waals surface area contributed by atoms with Crippen LogP contribution in [0.3, 0.4) is 0 Å². The molecule has 0 spiro atoms. The van der Waals surface area contributed by atoms with Crippen LogP contribution in [0.15, 0.2) is 0 Å². The molecule has 1 saturated heterocycles. The smallest absolute Gasteiger partial charge is 0.328 e. The van der Waals surface area contributed by atoms with Gasteiger partial charge < -0.3 is 51.1 Å². The van der Waals surface area contributed by atoms with E-state index in [4.69, 9.17) is 14.9 Å². The number of aliphatic hydroxyl groups excluding tert-OH is 4. The van der Waals surface area contributed by atoms with Crippen LogP contribution >= 0.6 is 0 Å². The van der Waals surface area contributed by atoms with Gasteiger partial charge in [-0.25, -0.2) is 4.79 Å². The molecule has 5 unspecified atom stereocenters. The topological polar surface area (TPSA) is 226 Å². The number of carbonyl (C=O) groups is 3. The minimum absolute atomic E-state index is 0.315. The van der Waals surface area contributed by atoms with Gasteiger partial charge >= 0.3 is 11.9 Å². The van der Waals surface area contributed by atoms with Crippen LogP contribution < -0.4 is 10.6 Å². The Morgan fingerprint density at radius 1 is 1.21 bits per heavy atom. The molecule has 1 heterocycles. The fraction of sp³-hybridized carbons (Fsp3) is 0.800. The number of carbonyl (C=O) groups excluding carboxylic acids is 1. The lowest BCUT2D eigenvalue weighted by Crippen LogP contribution is -2.65. The van der Waals surface area contributed by atoms with Crippen LogP contribution in [0.4, 0.5) is 0 Å². The monoisotopic (exact) mass is 410 g/mol. The first-order valence-electron chi connectivity index (χ1n) is 8.46. The van der Waals surface area contributed by atoms with Gasteiger partial charge in [0.15, 0.2) is 6.04 Å². The molecule has 1 fully saturated rings. The molecule has 0 aromatic carbocycles. The summed E-state index contributed by atoms with van der Waals surface area (Å²) in [5, 5.41) is 71.1. The number of amides is 1. The van der Waals surface area contributed by atoms with Crippen molar-refractivity contribution >= 4 is 17.8 Å². The Morgan fingerprint density at radius 3 is 2.32 bits per heavy atom. The predicted molar refractivity (Wildman–Crippen MR) is 88.8 cm³/mol. The third kappa shape index (κ3) is 6.34. The van der Waals surface area contributed by atoms with Gasteiger partial charge in [0.25, 0.3) is 0 Å². The first-order valence-corrected chi connectivity index (χ1v) is 8.46. The third-order valence-corrected chi connectivity index (χ3v) is 4.30. The number of hydrogen-bond acceptors (Lipinski definition) is 10. The van der Waals surface area contributed by atoms with Crippen molar-refractivity contribution in [1.82, 2.24) is 10.6 Å². The highest BCUT2D eigenvalue weighted by atomic mass is 16.6. The zero-order valence-electron chi connectivity index (χ0n) is 15.1. The molecule has 0 aliphatic carbocycles. The van der Waals surface area contributed by atoms with Crippen molar-refractivity contribution in [2.75, 3.05) is 13.2 Å². The molecule has 162 valence electrons. The van der Waals surface area contributed by atoms with E-state index in [0.717, 1.165) is 6.92 Å². The average molecular weight is 410 g/mol. The van der Waals surface area contributed by atoms with Crippen LogP contribution in [0.2, 0.25) is 0 Å². The molecular weight excluding hydrogens is 384 g/mol. The Labute approximate surface area is 159 Å². The summed E-state index contributed by atoms with van der Waals surface area (Å²) in [5.74, 6) is -6.11. The van der Waals surface area contributed by atoms with Crippen molar-refractivity contribution < 1.29 is 54.9 Å². The Balaban J connectivity index is 2.85. The fourth-order valence-corrected chi connectivity index (χ4v) is 2.55. The minimum atomic E-state index is -2.39. The highest BCUT2D eigenvalue weighted by Crippen LogP contribution is 2.23. The molecule has 0 bridgehead atoms. The maximum absolute atomic E-state index is 12.3. The molecule has 0 aromatic heterocycles. The van der Waals surface area contributed by atoms with Crippen LogP contribution in [0.25, 0.3) is 0 Å². The molecular formula is C15H26N2O11. The Hall–Kier alpha value is -1.87. The zero-order valence-corrected chi connectivity index (χ0v) is 15.1. The van der Waals surface area contributed by atoms with E-state index in [1.807, 2.05) is 5.32 Å². The van der Waals surface area contributed by atoms with E-state index in [1.165, 1.54) is 0 Å². The van der Waals surface area contributed by atoms with Gasteiger partial charge in [0.1, 0.15) is 18.3 Å². The summed E-state index contributed by atoms with van der Waals surface area (Å²) in [6, 6.07) is -2.99. The number of carboxylic acid groups (broad SMARTS) is 2. The molecule has 9 N–H and O–H groups in total. The summed E-state index contributed by atoms with van der Waals surface area (Å²) in [7, 11) is 0. The molecule has 0 radical (unpaired) electrons. The van der Waals surface area contributed by atoms with Gasteiger partial charge in [0, 0.05) is 6.42 Å². The molecule has 13 nitrogen and oxygen atoms in total. The molecule has 1 aliphatic heterocycles. The molecule has 28 heavy (non-hydrogen) atoms. The summed E-state index contributed by atoms with van der Waals surface area (Å²) in [5.41, 5.74) is 0. The maximum Gasteiger partial charge on any atom is 0.328 e. The summed E-state index contributed by atoms with van der Waals surface area (Å²) in [4.78, 5) is 34.2. The first-order chi connectivity index (χ1) is 12.9. The Kier molecular flexibility index (Phi) is 8.69. The van der Waals surface area contributed by atoms with Gasteiger partial charge in [-0.2, -0.15) is 0 Å². The van der Waals surface area contributed by atoms with Crippen molar-refractivity contribution in [3.8, 4) is 0 Å². The number of nitrogens with one attached hydrogen (secondary N) is 2. The number of aliphatic hydroxyl groups is 5. The molecule has 1 rings (SSSR count). The lowest BCUT2D eigenvalue weighted by molar-refractivity contribution is -0.318. The second-order valence-corrected chi connectivity index (χ2v) is 6.59. The lowest BCUT2D eigenvalue weighted by Gasteiger charge is -2.42. The van der Waals surface area contributed by atoms with E-state index in [9.17, 15) is 39.9 Å². The maximum atomic E-state index is 12.3. The van der Waals surface area contributed by atoms with Crippen molar-refractivity contribution in [1.29, 1.82) is 0 Å². The fourth-order valence-electron chi connectivity index (χ4n) is 2.55. The number of aliphatic carboxylic acids is 2. The van der Waals surface area contributed by atoms with Gasteiger partial charge in [-0.3, -0.25) is 9.59 Å². The van der Waals surface area contributed by atoms with E-state index in [-0.39, 0.29) is 6.42 Å². The van der Waals surface area contributed by atoms with Crippen LogP contribution in [0.1, 0.15) is 19.8 Å². The number of rotatable bonds is 10. The molecule has 1 aliphatic rings. The lowest BCUT2D eigenvalue weighted by atomic mass is 9.96. The molecule has 1 amide bonds. The molecule has 13 heteroatoms. The quantitative estimate of drug-likeness (QED) is 0.166. The number of carboxylic acids is 2. The van der Waals surface area contributed by atoms with Gasteiger partial charge in [0.05, 0.1) is 25.3 Å². The van der Waals surface area contributed by atoms with Crippen molar-refractivity contribution in [3.05, 3.63) is 0 Å². The minimum Gasteiger partial charge on any atom is -0.481 e. The van der Waals surface area contributed by atoms with Gasteiger partial charge in [0.2, 0.25) is 11.7 Å². The molecule has 0 saturated carbocycles. The van der Waals surface area contributed by atoms with E-state index >= 15 is 0 Å². The second kappa shape index (κ2) is 10.1. The summed E-state index contributed by atoms with van der Waals surface area (Å²) in [6.45, 7) is -0.0199. The predicted octanol–water partition coefficient (Wildman–Crippen LogP) is -4.44.